The molecule has 1 aliphatic rings. The van der Waals surface area contributed by atoms with Crippen LogP contribution < -0.4 is 10.3 Å². The first-order valence-corrected chi connectivity index (χ1v) is 11.3. The minimum atomic E-state index is -3.44. The minimum absolute atomic E-state index is 0.172. The molecule has 1 aliphatic heterocycles. The van der Waals surface area contributed by atoms with E-state index in [1.165, 1.54) is 15.6 Å². The number of piperidine rings is 1. The molecule has 0 unspecified atom stereocenters. The van der Waals surface area contributed by atoms with Crippen LogP contribution in [0.5, 0.6) is 0 Å². The van der Waals surface area contributed by atoms with Crippen molar-refractivity contribution in [1.82, 2.24) is 9.73 Å². The number of anilines is 1. The van der Waals surface area contributed by atoms with Gasteiger partial charge in [-0.05, 0) is 42.0 Å². The third-order valence-electron chi connectivity index (χ3n) is 4.71. The Labute approximate surface area is 169 Å². The van der Waals surface area contributed by atoms with Crippen molar-refractivity contribution in [3.63, 3.8) is 0 Å². The van der Waals surface area contributed by atoms with Crippen LogP contribution in [0.1, 0.15) is 18.4 Å². The Morgan fingerprint density at radius 3 is 2.46 bits per heavy atom. The van der Waals surface area contributed by atoms with Crippen LogP contribution in [0.2, 0.25) is 0 Å². The first-order chi connectivity index (χ1) is 13.4. The van der Waals surface area contributed by atoms with Gasteiger partial charge in [0.2, 0.25) is 5.91 Å². The number of nitrogens with zero attached hydrogens (tertiary/aromatic N) is 3. The van der Waals surface area contributed by atoms with Crippen molar-refractivity contribution in [2.45, 2.75) is 17.1 Å². The molecule has 9 heteroatoms. The number of hydrogen-bond acceptors (Lipinski definition) is 6. The second-order valence-corrected chi connectivity index (χ2v) is 9.94. The lowest BCUT2D eigenvalue weighted by atomic mass is 9.98. The Bertz CT molecular complexity index is 915. The van der Waals surface area contributed by atoms with Crippen LogP contribution in [0.4, 0.5) is 5.69 Å². The van der Waals surface area contributed by atoms with Gasteiger partial charge in [-0.1, -0.05) is 18.2 Å². The van der Waals surface area contributed by atoms with Gasteiger partial charge in [-0.15, -0.1) is 11.3 Å². The first-order valence-electron chi connectivity index (χ1n) is 9.02. The summed E-state index contributed by atoms with van der Waals surface area (Å²) < 4.78 is 26.9. The fourth-order valence-electron chi connectivity index (χ4n) is 3.02. The molecule has 28 heavy (non-hydrogen) atoms. The Morgan fingerprint density at radius 1 is 1.21 bits per heavy atom. The van der Waals surface area contributed by atoms with E-state index >= 15 is 0 Å². The van der Waals surface area contributed by atoms with E-state index < -0.39 is 10.0 Å². The van der Waals surface area contributed by atoms with Crippen molar-refractivity contribution < 1.29 is 13.2 Å². The van der Waals surface area contributed by atoms with Crippen molar-refractivity contribution in [3.8, 4) is 0 Å². The maximum atomic E-state index is 12.5. The number of thiophene rings is 1. The maximum absolute atomic E-state index is 12.5. The van der Waals surface area contributed by atoms with E-state index in [-0.39, 0.29) is 11.8 Å². The summed E-state index contributed by atoms with van der Waals surface area (Å²) in [5.41, 5.74) is 4.55. The quantitative estimate of drug-likeness (QED) is 0.575. The van der Waals surface area contributed by atoms with Crippen LogP contribution in [0.25, 0.3) is 0 Å². The summed E-state index contributed by atoms with van der Waals surface area (Å²) in [7, 11) is 0.502. The molecular formula is C19H24N4O3S2. The van der Waals surface area contributed by atoms with Gasteiger partial charge in [-0.3, -0.25) is 4.79 Å². The number of sulfonamides is 1. The molecule has 1 N–H and O–H groups in total. The van der Waals surface area contributed by atoms with Crippen molar-refractivity contribution in [2.24, 2.45) is 11.0 Å². The molecular weight excluding hydrogens is 396 g/mol. The van der Waals surface area contributed by atoms with Crippen molar-refractivity contribution in [3.05, 3.63) is 47.3 Å². The van der Waals surface area contributed by atoms with Crippen molar-refractivity contribution in [1.29, 1.82) is 0 Å². The van der Waals surface area contributed by atoms with Gasteiger partial charge < -0.3 is 4.90 Å². The third kappa shape index (κ3) is 4.78. The van der Waals surface area contributed by atoms with Crippen LogP contribution in [0.15, 0.2) is 51.1 Å². The van der Waals surface area contributed by atoms with Gasteiger partial charge in [0.1, 0.15) is 4.21 Å². The van der Waals surface area contributed by atoms with Gasteiger partial charge in [0.15, 0.2) is 0 Å². The number of benzene rings is 1. The van der Waals surface area contributed by atoms with E-state index in [4.69, 9.17) is 0 Å². The fraction of sp³-hybridized carbons (Fsp3) is 0.368. The third-order valence-corrected chi connectivity index (χ3v) is 7.98. The summed E-state index contributed by atoms with van der Waals surface area (Å²) in [4.78, 5) is 14.3. The van der Waals surface area contributed by atoms with E-state index in [0.717, 1.165) is 11.3 Å². The largest absolute Gasteiger partial charge is 0.378 e. The Morgan fingerprint density at radius 2 is 1.89 bits per heavy atom. The highest BCUT2D eigenvalue weighted by atomic mass is 32.2. The normalized spacial score (nSPS) is 16.4. The number of hydrogen-bond donors (Lipinski definition) is 1. The highest BCUT2D eigenvalue weighted by Crippen LogP contribution is 2.26. The molecule has 0 radical (unpaired) electrons. The molecule has 1 amide bonds. The predicted octanol–water partition coefficient (Wildman–Crippen LogP) is 2.37. The summed E-state index contributed by atoms with van der Waals surface area (Å²) in [6.45, 7) is 0.683. The lowest BCUT2D eigenvalue weighted by Crippen LogP contribution is -2.42. The summed E-state index contributed by atoms with van der Waals surface area (Å²) >= 11 is 1.21. The van der Waals surface area contributed by atoms with E-state index in [1.54, 1.807) is 23.7 Å². The Kier molecular flexibility index (Phi) is 6.48. The number of amides is 1. The molecule has 1 aromatic heterocycles. The summed E-state index contributed by atoms with van der Waals surface area (Å²) in [5.74, 6) is -0.405. The van der Waals surface area contributed by atoms with Crippen LogP contribution in [-0.2, 0) is 14.8 Å². The topological polar surface area (TPSA) is 82.1 Å². The zero-order valence-electron chi connectivity index (χ0n) is 15.9. The zero-order valence-corrected chi connectivity index (χ0v) is 17.5. The summed E-state index contributed by atoms with van der Waals surface area (Å²) in [6.07, 6.45) is 2.58. The van der Waals surface area contributed by atoms with E-state index in [1.807, 2.05) is 43.3 Å². The number of nitrogens with one attached hydrogen (secondary N) is 1. The molecule has 0 aliphatic carbocycles. The highest BCUT2D eigenvalue weighted by Gasteiger charge is 2.32. The maximum Gasteiger partial charge on any atom is 0.252 e. The van der Waals surface area contributed by atoms with Gasteiger partial charge >= 0.3 is 0 Å². The number of carbonyl (C=O) groups is 1. The number of rotatable bonds is 6. The molecule has 1 fully saturated rings. The molecule has 2 heterocycles. The molecule has 7 nitrogen and oxygen atoms in total. The van der Waals surface area contributed by atoms with Crippen LogP contribution in [0, 0.1) is 5.92 Å². The van der Waals surface area contributed by atoms with Gasteiger partial charge in [0.05, 0.1) is 6.21 Å². The number of carbonyl (C=O) groups excluding carboxylic acids is 1. The highest BCUT2D eigenvalue weighted by molar-refractivity contribution is 7.91. The molecule has 1 saturated heterocycles. The Hall–Kier alpha value is -2.23. The average Bonchev–Trinajstić information content (AvgIpc) is 3.24. The minimum Gasteiger partial charge on any atom is -0.378 e. The second kappa shape index (κ2) is 8.85. The Balaban J connectivity index is 1.50. The first kappa shape index (κ1) is 20.5. The standard InChI is InChI=1S/C19H24N4O3S2/c1-22(2)17-7-5-15(6-8-17)14-20-21-19(24)16-9-11-23(12-10-16)28(25,26)18-4-3-13-27-18/h3-8,13-14,16H,9-12H2,1-2H3,(H,21,24). The number of hydrazone groups is 1. The van der Waals surface area contributed by atoms with E-state index in [9.17, 15) is 13.2 Å². The van der Waals surface area contributed by atoms with E-state index in [0.29, 0.717) is 30.1 Å². The van der Waals surface area contributed by atoms with Gasteiger partial charge in [-0.25, -0.2) is 13.8 Å². The van der Waals surface area contributed by atoms with Crippen LogP contribution in [0.3, 0.4) is 0 Å². The lowest BCUT2D eigenvalue weighted by molar-refractivity contribution is -0.126. The molecule has 3 rings (SSSR count). The van der Waals surface area contributed by atoms with Gasteiger partial charge in [-0.2, -0.15) is 9.41 Å². The SMILES string of the molecule is CN(C)c1ccc(C=NNC(=O)C2CCN(S(=O)(=O)c3cccs3)CC2)cc1. The summed E-state index contributed by atoms with van der Waals surface area (Å²) in [6, 6.07) is 11.2. The summed E-state index contributed by atoms with van der Waals surface area (Å²) in [5, 5.41) is 5.78. The average molecular weight is 421 g/mol. The van der Waals surface area contributed by atoms with Gasteiger partial charge in [0.25, 0.3) is 10.0 Å². The predicted molar refractivity (Wildman–Crippen MR) is 112 cm³/mol. The molecule has 0 bridgehead atoms. The van der Waals surface area contributed by atoms with Gasteiger partial charge in [0, 0.05) is 38.8 Å². The smallest absolute Gasteiger partial charge is 0.252 e. The molecule has 0 atom stereocenters. The van der Waals surface area contributed by atoms with Crippen molar-refractivity contribution >= 4 is 39.2 Å². The lowest BCUT2D eigenvalue weighted by Gasteiger charge is -2.29. The van der Waals surface area contributed by atoms with Crippen molar-refractivity contribution in [2.75, 3.05) is 32.1 Å². The second-order valence-electron chi connectivity index (χ2n) is 6.83. The molecule has 150 valence electrons. The monoisotopic (exact) mass is 420 g/mol. The van der Waals surface area contributed by atoms with E-state index in [2.05, 4.69) is 10.5 Å². The molecule has 0 spiro atoms. The zero-order chi connectivity index (χ0) is 20.1. The molecule has 1 aromatic carbocycles. The molecule has 2 aromatic rings. The van der Waals surface area contributed by atoms with Crippen LogP contribution >= 0.6 is 11.3 Å². The van der Waals surface area contributed by atoms with Crippen LogP contribution in [-0.4, -0.2) is 52.0 Å². The fourth-order valence-corrected chi connectivity index (χ4v) is 5.63. The molecule has 0 saturated carbocycles.